The number of hydrogen-bond donors (Lipinski definition) is 0. The molecular weight excluding hydrogens is 360 g/mol. The lowest BCUT2D eigenvalue weighted by molar-refractivity contribution is 0.306. The zero-order chi connectivity index (χ0) is 13.0. The quantitative estimate of drug-likeness (QED) is 0.768. The van der Waals surface area contributed by atoms with Crippen molar-refractivity contribution >= 4 is 31.9 Å². The Hall–Kier alpha value is -1.000. The lowest BCUT2D eigenvalue weighted by atomic mass is 10.2. The van der Waals surface area contributed by atoms with Crippen LogP contribution in [0.4, 0.5) is 0 Å². The highest BCUT2D eigenvalue weighted by atomic mass is 79.9. The lowest BCUT2D eigenvalue weighted by Crippen LogP contribution is -1.96. The molecule has 94 valence electrons. The van der Waals surface area contributed by atoms with Gasteiger partial charge < -0.3 is 9.47 Å². The standard InChI is InChI=1S/C14H12Br2O2/c1-17-14-7-2-10(8-13(14)16)9-18-12-5-3-11(15)4-6-12/h2-8H,9H2,1H3. The van der Waals surface area contributed by atoms with Crippen molar-refractivity contribution in [3.8, 4) is 11.5 Å². The molecule has 0 amide bonds. The highest BCUT2D eigenvalue weighted by molar-refractivity contribution is 9.10. The molecule has 0 unspecified atom stereocenters. The van der Waals surface area contributed by atoms with Crippen molar-refractivity contribution in [1.82, 2.24) is 0 Å². The van der Waals surface area contributed by atoms with E-state index in [0.29, 0.717) is 6.61 Å². The van der Waals surface area contributed by atoms with Crippen LogP contribution in [0.2, 0.25) is 0 Å². The fourth-order valence-electron chi connectivity index (χ4n) is 1.50. The topological polar surface area (TPSA) is 18.5 Å². The third kappa shape index (κ3) is 3.50. The van der Waals surface area contributed by atoms with Crippen LogP contribution in [0.25, 0.3) is 0 Å². The Balaban J connectivity index is 2.02. The molecule has 0 spiro atoms. The largest absolute Gasteiger partial charge is 0.496 e. The molecule has 2 nitrogen and oxygen atoms in total. The summed E-state index contributed by atoms with van der Waals surface area (Å²) in [6, 6.07) is 13.7. The predicted molar refractivity (Wildman–Crippen MR) is 79.2 cm³/mol. The zero-order valence-corrected chi connectivity index (χ0v) is 13.0. The summed E-state index contributed by atoms with van der Waals surface area (Å²) in [7, 11) is 1.65. The summed E-state index contributed by atoms with van der Waals surface area (Å²) >= 11 is 6.85. The average Bonchev–Trinajstić information content (AvgIpc) is 2.38. The maximum absolute atomic E-state index is 5.69. The number of rotatable bonds is 4. The van der Waals surface area contributed by atoms with Gasteiger partial charge in [0.05, 0.1) is 11.6 Å². The van der Waals surface area contributed by atoms with Crippen molar-refractivity contribution in [3.63, 3.8) is 0 Å². The summed E-state index contributed by atoms with van der Waals surface area (Å²) in [5.41, 5.74) is 1.09. The van der Waals surface area contributed by atoms with Crippen molar-refractivity contribution in [2.45, 2.75) is 6.61 Å². The van der Waals surface area contributed by atoms with E-state index >= 15 is 0 Å². The Labute approximate surface area is 123 Å². The van der Waals surface area contributed by atoms with Gasteiger partial charge in [-0.2, -0.15) is 0 Å². The Bertz CT molecular complexity index is 524. The summed E-state index contributed by atoms with van der Waals surface area (Å²) in [5.74, 6) is 1.67. The molecule has 0 aromatic heterocycles. The van der Waals surface area contributed by atoms with Crippen LogP contribution in [0.15, 0.2) is 51.4 Å². The number of benzene rings is 2. The zero-order valence-electron chi connectivity index (χ0n) is 9.82. The molecule has 0 aliphatic rings. The van der Waals surface area contributed by atoms with Gasteiger partial charge in [0.15, 0.2) is 0 Å². The fourth-order valence-corrected chi connectivity index (χ4v) is 2.35. The predicted octanol–water partition coefficient (Wildman–Crippen LogP) is 4.80. The first-order chi connectivity index (χ1) is 8.69. The summed E-state index contributed by atoms with van der Waals surface area (Å²) < 4.78 is 12.9. The summed E-state index contributed by atoms with van der Waals surface area (Å²) in [4.78, 5) is 0. The minimum Gasteiger partial charge on any atom is -0.496 e. The molecular formula is C14H12Br2O2. The molecule has 2 rings (SSSR count). The normalized spacial score (nSPS) is 10.2. The molecule has 0 aliphatic carbocycles. The van der Waals surface area contributed by atoms with Crippen LogP contribution in [-0.2, 0) is 6.61 Å². The van der Waals surface area contributed by atoms with Crippen LogP contribution in [0.1, 0.15) is 5.56 Å². The molecule has 0 aliphatic heterocycles. The Morgan fingerprint density at radius 1 is 1.00 bits per heavy atom. The second-order valence-corrected chi connectivity index (χ2v) is 5.48. The van der Waals surface area contributed by atoms with E-state index in [-0.39, 0.29) is 0 Å². The van der Waals surface area contributed by atoms with Gasteiger partial charge in [-0.15, -0.1) is 0 Å². The van der Waals surface area contributed by atoms with E-state index in [1.54, 1.807) is 7.11 Å². The molecule has 4 heteroatoms. The smallest absolute Gasteiger partial charge is 0.133 e. The fraction of sp³-hybridized carbons (Fsp3) is 0.143. The average molecular weight is 372 g/mol. The molecule has 0 heterocycles. The van der Waals surface area contributed by atoms with E-state index in [1.165, 1.54) is 0 Å². The van der Waals surface area contributed by atoms with Crippen molar-refractivity contribution < 1.29 is 9.47 Å². The van der Waals surface area contributed by atoms with Crippen LogP contribution in [0.5, 0.6) is 11.5 Å². The third-order valence-corrected chi connectivity index (χ3v) is 3.58. The van der Waals surface area contributed by atoms with Crippen LogP contribution in [0.3, 0.4) is 0 Å². The lowest BCUT2D eigenvalue weighted by Gasteiger charge is -2.08. The van der Waals surface area contributed by atoms with Crippen molar-refractivity contribution in [3.05, 3.63) is 57.0 Å². The van der Waals surface area contributed by atoms with Gasteiger partial charge in [0.25, 0.3) is 0 Å². The van der Waals surface area contributed by atoms with Crippen LogP contribution in [0, 0.1) is 0 Å². The second kappa shape index (κ2) is 6.25. The molecule has 2 aromatic carbocycles. The van der Waals surface area contributed by atoms with Gasteiger partial charge in [-0.1, -0.05) is 22.0 Å². The first-order valence-electron chi connectivity index (χ1n) is 5.40. The monoisotopic (exact) mass is 370 g/mol. The van der Waals surface area contributed by atoms with Crippen molar-refractivity contribution in [2.24, 2.45) is 0 Å². The Morgan fingerprint density at radius 3 is 2.33 bits per heavy atom. The number of halogens is 2. The van der Waals surface area contributed by atoms with Gasteiger partial charge in [0.2, 0.25) is 0 Å². The maximum Gasteiger partial charge on any atom is 0.133 e. The van der Waals surface area contributed by atoms with Crippen LogP contribution >= 0.6 is 31.9 Å². The maximum atomic E-state index is 5.69. The number of hydrogen-bond acceptors (Lipinski definition) is 2. The van der Waals surface area contributed by atoms with E-state index in [1.807, 2.05) is 42.5 Å². The SMILES string of the molecule is COc1ccc(COc2ccc(Br)cc2)cc1Br. The minimum absolute atomic E-state index is 0.532. The second-order valence-electron chi connectivity index (χ2n) is 3.71. The Morgan fingerprint density at radius 2 is 1.72 bits per heavy atom. The van der Waals surface area contributed by atoms with Crippen molar-refractivity contribution in [2.75, 3.05) is 7.11 Å². The first-order valence-corrected chi connectivity index (χ1v) is 6.98. The molecule has 0 radical (unpaired) electrons. The van der Waals surface area contributed by atoms with Gasteiger partial charge in [0.1, 0.15) is 18.1 Å². The summed E-state index contributed by atoms with van der Waals surface area (Å²) in [6.07, 6.45) is 0. The van der Waals surface area contributed by atoms with E-state index in [4.69, 9.17) is 9.47 Å². The summed E-state index contributed by atoms with van der Waals surface area (Å²) in [6.45, 7) is 0.532. The molecule has 0 fully saturated rings. The van der Waals surface area contributed by atoms with Gasteiger partial charge in [-0.05, 0) is 57.9 Å². The van der Waals surface area contributed by atoms with E-state index in [2.05, 4.69) is 31.9 Å². The van der Waals surface area contributed by atoms with Gasteiger partial charge >= 0.3 is 0 Å². The van der Waals surface area contributed by atoms with Gasteiger partial charge in [-0.25, -0.2) is 0 Å². The van der Waals surface area contributed by atoms with Crippen LogP contribution in [-0.4, -0.2) is 7.11 Å². The van der Waals surface area contributed by atoms with Gasteiger partial charge in [-0.3, -0.25) is 0 Å². The molecule has 0 saturated carbocycles. The minimum atomic E-state index is 0.532. The molecule has 0 N–H and O–H groups in total. The van der Waals surface area contributed by atoms with E-state index < -0.39 is 0 Å². The van der Waals surface area contributed by atoms with Gasteiger partial charge in [0, 0.05) is 4.47 Å². The molecule has 18 heavy (non-hydrogen) atoms. The molecule has 0 atom stereocenters. The van der Waals surface area contributed by atoms with Crippen LogP contribution < -0.4 is 9.47 Å². The first kappa shape index (κ1) is 13.4. The number of ether oxygens (including phenoxy) is 2. The number of methoxy groups -OCH3 is 1. The highest BCUT2D eigenvalue weighted by Gasteiger charge is 2.02. The summed E-state index contributed by atoms with van der Waals surface area (Å²) in [5, 5.41) is 0. The van der Waals surface area contributed by atoms with E-state index in [0.717, 1.165) is 26.0 Å². The van der Waals surface area contributed by atoms with Crippen molar-refractivity contribution in [1.29, 1.82) is 0 Å². The Kier molecular flexibility index (Phi) is 4.66. The third-order valence-electron chi connectivity index (χ3n) is 2.44. The highest BCUT2D eigenvalue weighted by Crippen LogP contribution is 2.26. The molecule has 0 bridgehead atoms. The molecule has 2 aromatic rings. The van der Waals surface area contributed by atoms with E-state index in [9.17, 15) is 0 Å². The molecule has 0 saturated heterocycles.